The molecule has 3 atom stereocenters. The predicted molar refractivity (Wildman–Crippen MR) is 82.0 cm³/mol. The maximum Gasteiger partial charge on any atom is 0.0956 e. The molecule has 3 heterocycles. The van der Waals surface area contributed by atoms with Crippen LogP contribution in [0.25, 0.3) is 11.3 Å². The van der Waals surface area contributed by atoms with Crippen LogP contribution in [-0.2, 0) is 0 Å². The van der Waals surface area contributed by atoms with Crippen molar-refractivity contribution >= 4 is 0 Å². The number of aromatic nitrogens is 2. The Bertz CT molecular complexity index is 651. The van der Waals surface area contributed by atoms with Gasteiger partial charge in [0.1, 0.15) is 0 Å². The van der Waals surface area contributed by atoms with E-state index in [4.69, 9.17) is 0 Å². The van der Waals surface area contributed by atoms with Crippen LogP contribution in [0.2, 0.25) is 0 Å². The Morgan fingerprint density at radius 2 is 2.19 bits per heavy atom. The van der Waals surface area contributed by atoms with Crippen LogP contribution in [0.5, 0.6) is 0 Å². The minimum absolute atomic E-state index is 0.229. The Morgan fingerprint density at radius 3 is 3.00 bits per heavy atom. The van der Waals surface area contributed by atoms with Gasteiger partial charge in [-0.15, -0.1) is 0 Å². The zero-order valence-electron chi connectivity index (χ0n) is 12.3. The fourth-order valence-corrected chi connectivity index (χ4v) is 3.98. The molecule has 1 fully saturated rings. The van der Waals surface area contributed by atoms with E-state index in [9.17, 15) is 5.11 Å². The van der Waals surface area contributed by atoms with E-state index in [1.165, 1.54) is 16.8 Å². The van der Waals surface area contributed by atoms with Crippen LogP contribution < -0.4 is 0 Å². The van der Waals surface area contributed by atoms with Crippen LogP contribution in [-0.4, -0.2) is 45.3 Å². The summed E-state index contributed by atoms with van der Waals surface area (Å²) in [4.78, 5) is 6.65. The van der Waals surface area contributed by atoms with Gasteiger partial charge in [0.25, 0.3) is 0 Å². The van der Waals surface area contributed by atoms with Crippen molar-refractivity contribution in [1.82, 2.24) is 14.5 Å². The van der Waals surface area contributed by atoms with E-state index in [1.807, 2.05) is 12.5 Å². The lowest BCUT2D eigenvalue weighted by atomic mass is 9.83. The van der Waals surface area contributed by atoms with Crippen molar-refractivity contribution in [3.63, 3.8) is 0 Å². The number of piperidine rings is 1. The number of likely N-dealkylation sites (tertiary alicyclic amines) is 1. The second-order valence-corrected chi connectivity index (χ2v) is 6.13. The topological polar surface area (TPSA) is 41.3 Å². The summed E-state index contributed by atoms with van der Waals surface area (Å²) in [5.74, 6) is 0.268. The molecule has 21 heavy (non-hydrogen) atoms. The number of hydrogen-bond acceptors (Lipinski definition) is 3. The summed E-state index contributed by atoms with van der Waals surface area (Å²) in [6.07, 6.45) is 4.61. The molecule has 0 aliphatic carbocycles. The van der Waals surface area contributed by atoms with Crippen molar-refractivity contribution < 1.29 is 5.11 Å². The SMILES string of the molecule is CCN1CCC(C2c3ccccc3-c3cncn32)C(O)C1. The van der Waals surface area contributed by atoms with Gasteiger partial charge in [-0.05, 0) is 25.1 Å². The smallest absolute Gasteiger partial charge is 0.0956 e. The number of aliphatic hydroxyl groups excluding tert-OH is 1. The van der Waals surface area contributed by atoms with E-state index in [0.29, 0.717) is 0 Å². The van der Waals surface area contributed by atoms with Gasteiger partial charge < -0.3 is 14.6 Å². The molecule has 2 aromatic rings. The number of hydrogen-bond donors (Lipinski definition) is 1. The number of benzene rings is 1. The molecule has 4 heteroatoms. The van der Waals surface area contributed by atoms with Crippen LogP contribution >= 0.6 is 0 Å². The van der Waals surface area contributed by atoms with E-state index < -0.39 is 0 Å². The molecule has 0 radical (unpaired) electrons. The molecule has 1 aromatic carbocycles. The first-order valence-corrected chi connectivity index (χ1v) is 7.81. The third-order valence-corrected chi connectivity index (χ3v) is 5.09. The monoisotopic (exact) mass is 283 g/mol. The number of β-amino-alcohol motifs (C(OH)–C–C–N with tert-alkyl or cyclic N) is 1. The van der Waals surface area contributed by atoms with Crippen LogP contribution in [0.15, 0.2) is 36.8 Å². The van der Waals surface area contributed by atoms with Crippen LogP contribution in [0.1, 0.15) is 24.9 Å². The Labute approximate surface area is 125 Å². The Hall–Kier alpha value is -1.65. The summed E-state index contributed by atoms with van der Waals surface area (Å²) in [7, 11) is 0. The zero-order valence-corrected chi connectivity index (χ0v) is 12.3. The minimum atomic E-state index is -0.273. The van der Waals surface area contributed by atoms with Crippen molar-refractivity contribution in [3.8, 4) is 11.3 Å². The number of aliphatic hydroxyl groups is 1. The molecule has 0 spiro atoms. The van der Waals surface area contributed by atoms with Gasteiger partial charge >= 0.3 is 0 Å². The number of nitrogens with zero attached hydrogens (tertiary/aromatic N) is 3. The molecule has 2 aliphatic heterocycles. The predicted octanol–water partition coefficient (Wildman–Crippen LogP) is 2.16. The molecule has 110 valence electrons. The average Bonchev–Trinajstić information content (AvgIpc) is 3.08. The number of fused-ring (bicyclic) bond motifs is 3. The average molecular weight is 283 g/mol. The Kier molecular flexibility index (Phi) is 3.08. The molecule has 1 saturated heterocycles. The van der Waals surface area contributed by atoms with Gasteiger partial charge in [0.2, 0.25) is 0 Å². The van der Waals surface area contributed by atoms with Gasteiger partial charge in [0.05, 0.1) is 30.4 Å². The van der Waals surface area contributed by atoms with Crippen molar-refractivity contribution in [1.29, 1.82) is 0 Å². The normalized spacial score (nSPS) is 28.4. The minimum Gasteiger partial charge on any atom is -0.391 e. The van der Waals surface area contributed by atoms with Gasteiger partial charge in [-0.3, -0.25) is 0 Å². The van der Waals surface area contributed by atoms with E-state index in [2.05, 4.69) is 45.6 Å². The van der Waals surface area contributed by atoms with Crippen LogP contribution in [0, 0.1) is 5.92 Å². The summed E-state index contributed by atoms with van der Waals surface area (Å²) < 4.78 is 2.25. The maximum atomic E-state index is 10.6. The van der Waals surface area contributed by atoms with Crippen molar-refractivity contribution in [2.45, 2.75) is 25.5 Å². The molecule has 0 amide bonds. The van der Waals surface area contributed by atoms with Gasteiger partial charge in [0, 0.05) is 18.0 Å². The van der Waals surface area contributed by atoms with Gasteiger partial charge in [-0.2, -0.15) is 0 Å². The first-order chi connectivity index (χ1) is 10.3. The fourth-order valence-electron chi connectivity index (χ4n) is 3.98. The summed E-state index contributed by atoms with van der Waals surface area (Å²) in [6.45, 7) is 5.03. The number of likely N-dealkylation sites (N-methyl/N-ethyl adjacent to an activating group) is 1. The third-order valence-electron chi connectivity index (χ3n) is 5.09. The van der Waals surface area contributed by atoms with Crippen molar-refractivity contribution in [3.05, 3.63) is 42.4 Å². The highest BCUT2D eigenvalue weighted by Crippen LogP contribution is 2.45. The lowest BCUT2D eigenvalue weighted by Gasteiger charge is -2.39. The van der Waals surface area contributed by atoms with Crippen LogP contribution in [0.4, 0.5) is 0 Å². The molecule has 2 aliphatic rings. The van der Waals surface area contributed by atoms with Crippen molar-refractivity contribution in [2.75, 3.05) is 19.6 Å². The number of rotatable bonds is 2. The first kappa shape index (κ1) is 13.0. The molecular formula is C17H21N3O. The molecule has 1 N–H and O–H groups in total. The highest BCUT2D eigenvalue weighted by atomic mass is 16.3. The highest BCUT2D eigenvalue weighted by Gasteiger charge is 2.39. The largest absolute Gasteiger partial charge is 0.391 e. The second kappa shape index (κ2) is 4.97. The third kappa shape index (κ3) is 1.93. The molecular weight excluding hydrogens is 262 g/mol. The quantitative estimate of drug-likeness (QED) is 0.918. The molecule has 1 aromatic heterocycles. The molecule has 3 unspecified atom stereocenters. The van der Waals surface area contributed by atoms with E-state index in [-0.39, 0.29) is 18.1 Å². The van der Waals surface area contributed by atoms with Gasteiger partial charge in [-0.25, -0.2) is 4.98 Å². The lowest BCUT2D eigenvalue weighted by molar-refractivity contribution is 0.00906. The molecule has 0 bridgehead atoms. The Morgan fingerprint density at radius 1 is 1.33 bits per heavy atom. The fraction of sp³-hybridized carbons (Fsp3) is 0.471. The molecule has 0 saturated carbocycles. The van der Waals surface area contributed by atoms with Crippen LogP contribution in [0.3, 0.4) is 0 Å². The standard InChI is InChI=1S/C17H21N3O/c1-2-19-8-7-14(16(21)10-19)17-13-6-4-3-5-12(13)15-9-18-11-20(15)17/h3-6,9,11,14,16-17,21H,2,7-8,10H2,1H3. The summed E-state index contributed by atoms with van der Waals surface area (Å²) in [6, 6.07) is 8.77. The Balaban J connectivity index is 1.73. The number of imidazole rings is 1. The summed E-state index contributed by atoms with van der Waals surface area (Å²) in [5.41, 5.74) is 3.79. The van der Waals surface area contributed by atoms with E-state index in [1.54, 1.807) is 0 Å². The maximum absolute atomic E-state index is 10.6. The zero-order chi connectivity index (χ0) is 14.4. The highest BCUT2D eigenvalue weighted by molar-refractivity contribution is 5.69. The summed E-state index contributed by atoms with van der Waals surface area (Å²) in [5, 5.41) is 10.6. The first-order valence-electron chi connectivity index (χ1n) is 7.81. The van der Waals surface area contributed by atoms with E-state index in [0.717, 1.165) is 26.1 Å². The second-order valence-electron chi connectivity index (χ2n) is 6.13. The van der Waals surface area contributed by atoms with Crippen molar-refractivity contribution in [2.24, 2.45) is 5.92 Å². The van der Waals surface area contributed by atoms with Gasteiger partial charge in [0.15, 0.2) is 0 Å². The summed E-state index contributed by atoms with van der Waals surface area (Å²) >= 11 is 0. The molecule has 4 nitrogen and oxygen atoms in total. The van der Waals surface area contributed by atoms with Gasteiger partial charge in [-0.1, -0.05) is 31.2 Å². The molecule has 4 rings (SSSR count). The van der Waals surface area contributed by atoms with E-state index >= 15 is 0 Å². The lowest BCUT2D eigenvalue weighted by Crippen LogP contribution is -2.46.